The highest BCUT2D eigenvalue weighted by Gasteiger charge is 2.28. The summed E-state index contributed by atoms with van der Waals surface area (Å²) < 4.78 is 0. The smallest absolute Gasteiger partial charge is 0.0233 e. The van der Waals surface area contributed by atoms with E-state index in [2.05, 4.69) is 49.9 Å². The van der Waals surface area contributed by atoms with Gasteiger partial charge in [0.25, 0.3) is 0 Å². The summed E-state index contributed by atoms with van der Waals surface area (Å²) in [7, 11) is 0. The van der Waals surface area contributed by atoms with Gasteiger partial charge >= 0.3 is 0 Å². The molecule has 0 spiro atoms. The Bertz CT molecular complexity index is 386. The van der Waals surface area contributed by atoms with E-state index in [1.165, 1.54) is 37.1 Å². The average molecular weight is 260 g/mol. The summed E-state index contributed by atoms with van der Waals surface area (Å²) in [4.78, 5) is 2.56. The highest BCUT2D eigenvalue weighted by Crippen LogP contribution is 2.30. The Morgan fingerprint density at radius 3 is 2.21 bits per heavy atom. The normalized spacial score (nSPS) is 19.8. The number of likely N-dealkylation sites (tertiary alicyclic amines) is 1. The molecule has 1 saturated heterocycles. The maximum atomic E-state index is 5.86. The van der Waals surface area contributed by atoms with E-state index < -0.39 is 0 Å². The third kappa shape index (κ3) is 3.80. The van der Waals surface area contributed by atoms with Crippen molar-refractivity contribution in [2.75, 3.05) is 19.6 Å². The fraction of sp³-hybridized carbons (Fsp3) is 0.647. The van der Waals surface area contributed by atoms with Crippen molar-refractivity contribution < 1.29 is 0 Å². The minimum Gasteiger partial charge on any atom is -0.330 e. The lowest BCUT2D eigenvalue weighted by atomic mass is 9.80. The number of hydrogen-bond donors (Lipinski definition) is 1. The van der Waals surface area contributed by atoms with E-state index >= 15 is 0 Å². The molecule has 0 amide bonds. The van der Waals surface area contributed by atoms with Gasteiger partial charge in [-0.3, -0.25) is 4.90 Å². The summed E-state index contributed by atoms with van der Waals surface area (Å²) in [5.74, 6) is 0.620. The minimum absolute atomic E-state index is 0.373. The minimum atomic E-state index is 0.373. The second-order valence-corrected chi connectivity index (χ2v) is 6.69. The lowest BCUT2D eigenvalue weighted by molar-refractivity contribution is 0.119. The van der Waals surface area contributed by atoms with Gasteiger partial charge in [-0.1, -0.05) is 45.0 Å². The lowest BCUT2D eigenvalue weighted by Gasteiger charge is -2.38. The van der Waals surface area contributed by atoms with E-state index in [0.29, 0.717) is 11.3 Å². The third-order valence-electron chi connectivity index (χ3n) is 4.61. The van der Waals surface area contributed by atoms with Crippen LogP contribution in [0, 0.1) is 5.41 Å². The molecule has 1 aromatic carbocycles. The van der Waals surface area contributed by atoms with E-state index in [9.17, 15) is 0 Å². The Morgan fingerprint density at radius 1 is 1.16 bits per heavy atom. The molecule has 0 aromatic heterocycles. The van der Waals surface area contributed by atoms with Crippen LogP contribution in [-0.2, 0) is 6.54 Å². The Morgan fingerprint density at radius 2 is 1.74 bits per heavy atom. The molecule has 0 aliphatic carbocycles. The zero-order chi connectivity index (χ0) is 13.9. The fourth-order valence-electron chi connectivity index (χ4n) is 2.72. The molecule has 1 aromatic rings. The van der Waals surface area contributed by atoms with Gasteiger partial charge in [0.15, 0.2) is 0 Å². The molecule has 2 heteroatoms. The first kappa shape index (κ1) is 14.5. The van der Waals surface area contributed by atoms with E-state index in [0.717, 1.165) is 13.1 Å². The van der Waals surface area contributed by atoms with Crippen LogP contribution < -0.4 is 5.73 Å². The molecule has 1 heterocycles. The van der Waals surface area contributed by atoms with E-state index in [1.807, 2.05) is 0 Å². The Hall–Kier alpha value is -0.860. The van der Waals surface area contributed by atoms with Crippen molar-refractivity contribution in [3.05, 3.63) is 35.4 Å². The van der Waals surface area contributed by atoms with Crippen LogP contribution in [0.25, 0.3) is 0 Å². The van der Waals surface area contributed by atoms with Crippen molar-refractivity contribution in [2.24, 2.45) is 11.1 Å². The van der Waals surface area contributed by atoms with Crippen molar-refractivity contribution in [1.29, 1.82) is 0 Å². The van der Waals surface area contributed by atoms with Gasteiger partial charge in [-0.25, -0.2) is 0 Å². The van der Waals surface area contributed by atoms with Crippen molar-refractivity contribution in [3.63, 3.8) is 0 Å². The van der Waals surface area contributed by atoms with Gasteiger partial charge in [0.1, 0.15) is 0 Å². The van der Waals surface area contributed by atoms with Gasteiger partial charge in [0, 0.05) is 6.54 Å². The zero-order valence-electron chi connectivity index (χ0n) is 12.7. The zero-order valence-corrected chi connectivity index (χ0v) is 12.7. The van der Waals surface area contributed by atoms with Crippen LogP contribution in [0.1, 0.15) is 50.7 Å². The summed E-state index contributed by atoms with van der Waals surface area (Å²) >= 11 is 0. The quantitative estimate of drug-likeness (QED) is 0.899. The molecule has 1 fully saturated rings. The lowest BCUT2D eigenvalue weighted by Crippen LogP contribution is -2.41. The summed E-state index contributed by atoms with van der Waals surface area (Å²) in [5.41, 5.74) is 9.10. The maximum Gasteiger partial charge on any atom is 0.0233 e. The van der Waals surface area contributed by atoms with E-state index in [1.54, 1.807) is 0 Å². The molecule has 2 nitrogen and oxygen atoms in total. The molecule has 2 N–H and O–H groups in total. The molecule has 2 rings (SSSR count). The first-order valence-corrected chi connectivity index (χ1v) is 7.54. The largest absolute Gasteiger partial charge is 0.330 e. The number of nitrogens with zero attached hydrogens (tertiary/aromatic N) is 1. The van der Waals surface area contributed by atoms with Crippen LogP contribution >= 0.6 is 0 Å². The summed E-state index contributed by atoms with van der Waals surface area (Å²) in [6.45, 7) is 11.1. The van der Waals surface area contributed by atoms with Gasteiger partial charge in [-0.15, -0.1) is 0 Å². The van der Waals surface area contributed by atoms with Crippen molar-refractivity contribution >= 4 is 0 Å². The second kappa shape index (κ2) is 6.06. The van der Waals surface area contributed by atoms with Crippen molar-refractivity contribution in [2.45, 2.75) is 46.1 Å². The molecule has 0 bridgehead atoms. The van der Waals surface area contributed by atoms with Gasteiger partial charge in [0.05, 0.1) is 0 Å². The predicted octanol–water partition coefficient (Wildman–Crippen LogP) is 3.37. The van der Waals surface area contributed by atoms with Crippen LogP contribution in [0.15, 0.2) is 24.3 Å². The molecular formula is C17H28N2. The SMILES string of the molecule is CC(C)c1ccc(CN2CCC(C)(CN)CC2)cc1. The van der Waals surface area contributed by atoms with Crippen LogP contribution in [-0.4, -0.2) is 24.5 Å². The number of benzene rings is 1. The topological polar surface area (TPSA) is 29.3 Å². The summed E-state index contributed by atoms with van der Waals surface area (Å²) in [5, 5.41) is 0. The predicted molar refractivity (Wildman–Crippen MR) is 82.2 cm³/mol. The first-order chi connectivity index (χ1) is 9.02. The molecule has 1 aliphatic heterocycles. The first-order valence-electron chi connectivity index (χ1n) is 7.54. The molecule has 19 heavy (non-hydrogen) atoms. The third-order valence-corrected chi connectivity index (χ3v) is 4.61. The number of hydrogen-bond acceptors (Lipinski definition) is 2. The Labute approximate surface area is 118 Å². The average Bonchev–Trinajstić information content (AvgIpc) is 2.42. The highest BCUT2D eigenvalue weighted by molar-refractivity contribution is 5.24. The van der Waals surface area contributed by atoms with Crippen molar-refractivity contribution in [1.82, 2.24) is 4.90 Å². The standard InChI is InChI=1S/C17H28N2/c1-14(2)16-6-4-15(5-7-16)12-19-10-8-17(3,13-18)9-11-19/h4-7,14H,8-13,18H2,1-3H3. The Kier molecular flexibility index (Phi) is 4.64. The molecule has 0 atom stereocenters. The summed E-state index contributed by atoms with van der Waals surface area (Å²) in [6.07, 6.45) is 2.46. The van der Waals surface area contributed by atoms with Gasteiger partial charge in [-0.05, 0) is 54.9 Å². The van der Waals surface area contributed by atoms with Crippen LogP contribution in [0.2, 0.25) is 0 Å². The van der Waals surface area contributed by atoms with Gasteiger partial charge in [-0.2, -0.15) is 0 Å². The molecule has 0 radical (unpaired) electrons. The molecule has 0 unspecified atom stereocenters. The van der Waals surface area contributed by atoms with Crippen LogP contribution in [0.5, 0.6) is 0 Å². The second-order valence-electron chi connectivity index (χ2n) is 6.69. The van der Waals surface area contributed by atoms with E-state index in [-0.39, 0.29) is 0 Å². The molecule has 1 aliphatic rings. The monoisotopic (exact) mass is 260 g/mol. The fourth-order valence-corrected chi connectivity index (χ4v) is 2.72. The maximum absolute atomic E-state index is 5.86. The van der Waals surface area contributed by atoms with Gasteiger partial charge < -0.3 is 5.73 Å². The molecule has 0 saturated carbocycles. The van der Waals surface area contributed by atoms with Gasteiger partial charge in [0.2, 0.25) is 0 Å². The number of nitrogens with two attached hydrogens (primary N) is 1. The number of rotatable bonds is 4. The van der Waals surface area contributed by atoms with Crippen LogP contribution in [0.3, 0.4) is 0 Å². The highest BCUT2D eigenvalue weighted by atomic mass is 15.1. The molecule has 106 valence electrons. The Balaban J connectivity index is 1.89. The molecular weight excluding hydrogens is 232 g/mol. The number of piperidine rings is 1. The summed E-state index contributed by atoms with van der Waals surface area (Å²) in [6, 6.07) is 9.11. The van der Waals surface area contributed by atoms with Crippen molar-refractivity contribution in [3.8, 4) is 0 Å². The van der Waals surface area contributed by atoms with E-state index in [4.69, 9.17) is 5.73 Å². The van der Waals surface area contributed by atoms with Crippen LogP contribution in [0.4, 0.5) is 0 Å².